The van der Waals surface area contributed by atoms with Crippen molar-refractivity contribution >= 4 is 23.3 Å². The van der Waals surface area contributed by atoms with Crippen molar-refractivity contribution < 1.29 is 18.4 Å². The van der Waals surface area contributed by atoms with E-state index in [0.717, 1.165) is 17.7 Å². The number of para-hydroxylation sites is 1. The Morgan fingerprint density at radius 1 is 0.958 bits per heavy atom. The maximum absolute atomic E-state index is 13.5. The first-order chi connectivity index (χ1) is 11.4. The van der Waals surface area contributed by atoms with Gasteiger partial charge in [-0.25, -0.2) is 13.6 Å². The number of nitrogens with zero attached hydrogens (tertiary/aromatic N) is 1. The molecule has 7 heteroatoms. The largest absolute Gasteiger partial charge is 0.349 e. The van der Waals surface area contributed by atoms with Crippen LogP contribution in [0.5, 0.6) is 0 Å². The molecule has 126 valence electrons. The normalized spacial score (nSPS) is 10.2. The minimum Gasteiger partial charge on any atom is -0.349 e. The van der Waals surface area contributed by atoms with Crippen LogP contribution in [0.4, 0.5) is 25.0 Å². The second-order valence-corrected chi connectivity index (χ2v) is 5.34. The van der Waals surface area contributed by atoms with E-state index in [0.29, 0.717) is 5.69 Å². The zero-order valence-electron chi connectivity index (χ0n) is 13.3. The second kappa shape index (κ2) is 7.54. The van der Waals surface area contributed by atoms with Gasteiger partial charge in [0.25, 0.3) is 0 Å². The molecule has 0 atom stereocenters. The Balaban J connectivity index is 1.98. The van der Waals surface area contributed by atoms with Crippen LogP contribution in [0.25, 0.3) is 0 Å². The van der Waals surface area contributed by atoms with Crippen molar-refractivity contribution in [1.29, 1.82) is 0 Å². The molecule has 0 aliphatic heterocycles. The number of likely N-dealkylation sites (N-methyl/N-ethyl adjacent to an activating group) is 1. The molecule has 0 aliphatic carbocycles. The molecule has 0 bridgehead atoms. The van der Waals surface area contributed by atoms with Crippen LogP contribution in [0.1, 0.15) is 5.56 Å². The molecule has 24 heavy (non-hydrogen) atoms. The zero-order chi connectivity index (χ0) is 17.7. The Bertz CT molecular complexity index is 726. The van der Waals surface area contributed by atoms with Crippen LogP contribution in [-0.4, -0.2) is 30.9 Å². The molecule has 2 aromatic rings. The Labute approximate surface area is 138 Å². The molecular weight excluding hydrogens is 316 g/mol. The van der Waals surface area contributed by atoms with E-state index in [1.54, 1.807) is 38.4 Å². The highest BCUT2D eigenvalue weighted by Gasteiger charge is 2.12. The van der Waals surface area contributed by atoms with Gasteiger partial charge in [-0.1, -0.05) is 18.2 Å². The van der Waals surface area contributed by atoms with Crippen molar-refractivity contribution in [1.82, 2.24) is 4.90 Å². The van der Waals surface area contributed by atoms with Crippen molar-refractivity contribution in [3.63, 3.8) is 0 Å². The van der Waals surface area contributed by atoms with Gasteiger partial charge in [0, 0.05) is 19.8 Å². The van der Waals surface area contributed by atoms with Crippen molar-refractivity contribution in [2.45, 2.75) is 6.42 Å². The summed E-state index contributed by atoms with van der Waals surface area (Å²) in [5, 5.41) is 4.60. The molecule has 0 spiro atoms. The second-order valence-electron chi connectivity index (χ2n) is 5.34. The molecule has 0 aliphatic rings. The summed E-state index contributed by atoms with van der Waals surface area (Å²) in [7, 11) is 3.34. The molecule has 0 fully saturated rings. The number of benzene rings is 2. The number of rotatable bonds is 4. The number of hydrogen-bond donors (Lipinski definition) is 2. The van der Waals surface area contributed by atoms with Crippen molar-refractivity contribution in [3.8, 4) is 0 Å². The lowest BCUT2D eigenvalue weighted by Gasteiger charge is -2.11. The molecule has 0 unspecified atom stereocenters. The number of hydrogen-bond acceptors (Lipinski definition) is 2. The fourth-order valence-corrected chi connectivity index (χ4v) is 1.93. The number of amides is 3. The highest BCUT2D eigenvalue weighted by molar-refractivity contribution is 5.99. The molecule has 2 N–H and O–H groups in total. The quantitative estimate of drug-likeness (QED) is 0.902. The van der Waals surface area contributed by atoms with E-state index in [-0.39, 0.29) is 12.3 Å². The lowest BCUT2D eigenvalue weighted by Crippen LogP contribution is -2.23. The number of halogens is 2. The number of anilines is 2. The molecule has 0 radical (unpaired) electrons. The molecule has 3 amide bonds. The van der Waals surface area contributed by atoms with Gasteiger partial charge in [-0.15, -0.1) is 0 Å². The Kier molecular flexibility index (Phi) is 5.47. The summed E-state index contributed by atoms with van der Waals surface area (Å²) in [4.78, 5) is 24.9. The third-order valence-corrected chi connectivity index (χ3v) is 3.27. The monoisotopic (exact) mass is 333 g/mol. The first-order valence-electron chi connectivity index (χ1n) is 7.18. The van der Waals surface area contributed by atoms with Crippen LogP contribution in [0.2, 0.25) is 0 Å². The molecule has 0 saturated heterocycles. The van der Waals surface area contributed by atoms with Gasteiger partial charge in [0.05, 0.1) is 6.42 Å². The number of carbonyl (C=O) groups excluding carboxylic acids is 2. The third kappa shape index (κ3) is 4.52. The van der Waals surface area contributed by atoms with Crippen molar-refractivity contribution in [2.24, 2.45) is 0 Å². The summed E-state index contributed by atoms with van der Waals surface area (Å²) in [6, 6.07) is 9.15. The maximum atomic E-state index is 13.5. The fraction of sp³-hybridized carbons (Fsp3) is 0.176. The lowest BCUT2D eigenvalue weighted by molar-refractivity contribution is -0.127. The number of urea groups is 1. The van der Waals surface area contributed by atoms with Gasteiger partial charge in [-0.2, -0.15) is 0 Å². The van der Waals surface area contributed by atoms with E-state index in [2.05, 4.69) is 10.6 Å². The van der Waals surface area contributed by atoms with Gasteiger partial charge in [0.2, 0.25) is 5.91 Å². The van der Waals surface area contributed by atoms with Gasteiger partial charge in [-0.3, -0.25) is 4.79 Å². The van der Waals surface area contributed by atoms with Crippen molar-refractivity contribution in [3.05, 3.63) is 59.7 Å². The van der Waals surface area contributed by atoms with E-state index in [9.17, 15) is 18.4 Å². The van der Waals surface area contributed by atoms with Gasteiger partial charge >= 0.3 is 6.03 Å². The molecule has 0 saturated carbocycles. The highest BCUT2D eigenvalue weighted by atomic mass is 19.1. The lowest BCUT2D eigenvalue weighted by atomic mass is 10.1. The summed E-state index contributed by atoms with van der Waals surface area (Å²) in [5.41, 5.74) is 0.716. The van der Waals surface area contributed by atoms with E-state index in [1.165, 1.54) is 11.0 Å². The van der Waals surface area contributed by atoms with E-state index < -0.39 is 23.4 Å². The third-order valence-electron chi connectivity index (χ3n) is 3.27. The summed E-state index contributed by atoms with van der Waals surface area (Å²) >= 11 is 0. The molecular formula is C17H17F2N3O2. The number of carbonyl (C=O) groups is 2. The van der Waals surface area contributed by atoms with Gasteiger partial charge in [-0.05, 0) is 29.8 Å². The summed E-state index contributed by atoms with van der Waals surface area (Å²) in [6.07, 6.45) is 0.250. The summed E-state index contributed by atoms with van der Waals surface area (Å²) in [6.45, 7) is 0. The molecule has 0 heterocycles. The van der Waals surface area contributed by atoms with Gasteiger partial charge in [0.1, 0.15) is 17.3 Å². The Morgan fingerprint density at radius 3 is 2.08 bits per heavy atom. The van der Waals surface area contributed by atoms with Crippen molar-refractivity contribution in [2.75, 3.05) is 24.7 Å². The van der Waals surface area contributed by atoms with Crippen LogP contribution < -0.4 is 10.6 Å². The highest BCUT2D eigenvalue weighted by Crippen LogP contribution is 2.18. The van der Waals surface area contributed by atoms with E-state index in [1.807, 2.05) is 0 Å². The van der Waals surface area contributed by atoms with Gasteiger partial charge in [0.15, 0.2) is 0 Å². The van der Waals surface area contributed by atoms with Crippen LogP contribution in [0.15, 0.2) is 42.5 Å². The average molecular weight is 333 g/mol. The smallest absolute Gasteiger partial charge is 0.323 e. The predicted molar refractivity (Wildman–Crippen MR) is 87.8 cm³/mol. The number of nitrogens with one attached hydrogen (secondary N) is 2. The Hall–Kier alpha value is -2.96. The predicted octanol–water partition coefficient (Wildman–Crippen LogP) is 3.24. The first-order valence-corrected chi connectivity index (χ1v) is 7.18. The standard InChI is InChI=1S/C17H17F2N3O2/c1-22(2)15(23)10-11-6-8-12(9-7-11)20-17(24)21-16-13(18)4-3-5-14(16)19/h3-9H,10H2,1-2H3,(H2,20,21,24). The minimum absolute atomic E-state index is 0.0384. The van der Waals surface area contributed by atoms with Crippen LogP contribution in [0, 0.1) is 11.6 Å². The summed E-state index contributed by atoms with van der Waals surface area (Å²) in [5.74, 6) is -1.76. The van der Waals surface area contributed by atoms with Crippen LogP contribution >= 0.6 is 0 Å². The topological polar surface area (TPSA) is 61.4 Å². The van der Waals surface area contributed by atoms with Gasteiger partial charge < -0.3 is 15.5 Å². The summed E-state index contributed by atoms with van der Waals surface area (Å²) < 4.78 is 26.9. The molecule has 2 rings (SSSR count). The SMILES string of the molecule is CN(C)C(=O)Cc1ccc(NC(=O)Nc2c(F)cccc2F)cc1. The minimum atomic E-state index is -0.859. The molecule has 2 aromatic carbocycles. The molecule has 0 aromatic heterocycles. The van der Waals surface area contributed by atoms with E-state index >= 15 is 0 Å². The van der Waals surface area contributed by atoms with E-state index in [4.69, 9.17) is 0 Å². The average Bonchev–Trinajstić information content (AvgIpc) is 2.53. The maximum Gasteiger partial charge on any atom is 0.323 e. The Morgan fingerprint density at radius 2 is 1.54 bits per heavy atom. The molecule has 5 nitrogen and oxygen atoms in total. The van der Waals surface area contributed by atoms with Crippen LogP contribution in [0.3, 0.4) is 0 Å². The first kappa shape index (κ1) is 17.4. The fourth-order valence-electron chi connectivity index (χ4n) is 1.93. The van der Waals surface area contributed by atoms with Crippen LogP contribution in [-0.2, 0) is 11.2 Å². The zero-order valence-corrected chi connectivity index (χ0v) is 13.3.